The molecule has 0 unspecified atom stereocenters. The first-order valence-electron chi connectivity index (χ1n) is 6.67. The first kappa shape index (κ1) is 13.1. The van der Waals surface area contributed by atoms with Crippen LogP contribution < -0.4 is 5.73 Å². The van der Waals surface area contributed by atoms with Crippen LogP contribution in [-0.2, 0) is 0 Å². The van der Waals surface area contributed by atoms with Crippen LogP contribution in [0.3, 0.4) is 0 Å². The number of aromatic nitrogens is 2. The monoisotopic (exact) mass is 277 g/mol. The molecule has 0 saturated heterocycles. The van der Waals surface area contributed by atoms with Crippen LogP contribution >= 0.6 is 0 Å². The molecular weight excluding hydrogens is 262 g/mol. The molecule has 4 heteroatoms. The highest BCUT2D eigenvalue weighted by Gasteiger charge is 2.11. The van der Waals surface area contributed by atoms with Gasteiger partial charge in [0.05, 0.1) is 5.69 Å². The van der Waals surface area contributed by atoms with Crippen LogP contribution in [-0.4, -0.2) is 15.5 Å². The molecule has 0 aliphatic heterocycles. The van der Waals surface area contributed by atoms with E-state index in [1.807, 2.05) is 54.0 Å². The Bertz CT molecular complexity index is 791. The van der Waals surface area contributed by atoms with Gasteiger partial charge in [0.25, 0.3) is 0 Å². The van der Waals surface area contributed by atoms with Crippen molar-refractivity contribution >= 4 is 5.91 Å². The average Bonchev–Trinajstić information content (AvgIpc) is 2.90. The fourth-order valence-corrected chi connectivity index (χ4v) is 2.37. The van der Waals surface area contributed by atoms with E-state index in [9.17, 15) is 4.79 Å². The molecule has 1 amide bonds. The van der Waals surface area contributed by atoms with Gasteiger partial charge in [0.2, 0.25) is 5.91 Å². The van der Waals surface area contributed by atoms with Crippen molar-refractivity contribution in [3.63, 3.8) is 0 Å². The maximum atomic E-state index is 11.3. The molecule has 0 atom stereocenters. The van der Waals surface area contributed by atoms with E-state index < -0.39 is 5.91 Å². The Kier molecular flexibility index (Phi) is 3.28. The van der Waals surface area contributed by atoms with Crippen molar-refractivity contribution < 1.29 is 4.79 Å². The van der Waals surface area contributed by atoms with Gasteiger partial charge in [-0.3, -0.25) is 9.36 Å². The van der Waals surface area contributed by atoms with E-state index >= 15 is 0 Å². The van der Waals surface area contributed by atoms with E-state index in [0.29, 0.717) is 11.4 Å². The molecule has 3 rings (SSSR count). The number of carbonyl (C=O) groups is 1. The van der Waals surface area contributed by atoms with Crippen LogP contribution in [0.1, 0.15) is 16.1 Å². The number of rotatable bonds is 3. The normalized spacial score (nSPS) is 10.5. The Morgan fingerprint density at radius 1 is 1.10 bits per heavy atom. The van der Waals surface area contributed by atoms with Crippen molar-refractivity contribution in [3.8, 4) is 17.1 Å². The van der Waals surface area contributed by atoms with Crippen molar-refractivity contribution in [1.82, 2.24) is 9.55 Å². The van der Waals surface area contributed by atoms with Gasteiger partial charge in [0.15, 0.2) is 0 Å². The minimum atomic E-state index is -0.454. The maximum Gasteiger partial charge on any atom is 0.248 e. The lowest BCUT2D eigenvalue weighted by atomic mass is 10.1. The smallest absolute Gasteiger partial charge is 0.248 e. The van der Waals surface area contributed by atoms with E-state index in [2.05, 4.69) is 4.98 Å². The van der Waals surface area contributed by atoms with Crippen molar-refractivity contribution in [2.24, 2.45) is 5.73 Å². The molecule has 104 valence electrons. The third kappa shape index (κ3) is 2.43. The molecule has 0 spiro atoms. The molecule has 2 heterocycles. The van der Waals surface area contributed by atoms with Gasteiger partial charge in [-0.05, 0) is 36.8 Å². The van der Waals surface area contributed by atoms with Gasteiger partial charge in [-0.1, -0.05) is 30.3 Å². The maximum absolute atomic E-state index is 11.3. The van der Waals surface area contributed by atoms with Crippen LogP contribution in [0.5, 0.6) is 0 Å². The number of hydrogen-bond donors (Lipinski definition) is 1. The number of carbonyl (C=O) groups excluding carboxylic acids is 1. The lowest BCUT2D eigenvalue weighted by molar-refractivity contribution is 0.1000. The summed E-state index contributed by atoms with van der Waals surface area (Å²) in [6.07, 6.45) is 1.60. The molecule has 4 nitrogen and oxygen atoms in total. The van der Waals surface area contributed by atoms with Crippen molar-refractivity contribution in [3.05, 3.63) is 72.1 Å². The molecular formula is C17H15N3O. The fraction of sp³-hybridized carbons (Fsp3) is 0.0588. The molecule has 3 aromatic rings. The van der Waals surface area contributed by atoms with Crippen LogP contribution in [0.2, 0.25) is 0 Å². The van der Waals surface area contributed by atoms with Gasteiger partial charge in [0, 0.05) is 17.5 Å². The largest absolute Gasteiger partial charge is 0.366 e. The summed E-state index contributed by atoms with van der Waals surface area (Å²) in [7, 11) is 0. The van der Waals surface area contributed by atoms with E-state index in [0.717, 1.165) is 17.0 Å². The molecule has 0 aliphatic rings. The van der Waals surface area contributed by atoms with E-state index in [1.165, 1.54) is 0 Å². The minimum absolute atomic E-state index is 0.451. The van der Waals surface area contributed by atoms with Gasteiger partial charge < -0.3 is 5.73 Å². The standard InChI is InChI=1S/C17H15N3O/c1-12-7-8-15(13-5-3-2-4-6-13)20(12)16-11-14(17(18)21)9-10-19-16/h2-11H,1H3,(H2,18,21). The summed E-state index contributed by atoms with van der Waals surface area (Å²) >= 11 is 0. The van der Waals surface area contributed by atoms with Gasteiger partial charge >= 0.3 is 0 Å². The number of benzene rings is 1. The van der Waals surface area contributed by atoms with Crippen molar-refractivity contribution in [1.29, 1.82) is 0 Å². The topological polar surface area (TPSA) is 60.9 Å². The molecule has 2 N–H and O–H groups in total. The quantitative estimate of drug-likeness (QED) is 0.800. The zero-order chi connectivity index (χ0) is 14.8. The summed E-state index contributed by atoms with van der Waals surface area (Å²) < 4.78 is 2.02. The second-order valence-corrected chi connectivity index (χ2v) is 4.83. The summed E-state index contributed by atoms with van der Waals surface area (Å²) in [5.41, 5.74) is 8.97. The SMILES string of the molecule is Cc1ccc(-c2ccccc2)n1-c1cc(C(N)=O)ccn1. The highest BCUT2D eigenvalue weighted by Crippen LogP contribution is 2.25. The summed E-state index contributed by atoms with van der Waals surface area (Å²) in [5, 5.41) is 0. The average molecular weight is 277 g/mol. The molecule has 0 saturated carbocycles. The molecule has 0 fully saturated rings. The Balaban J connectivity index is 2.17. The third-order valence-corrected chi connectivity index (χ3v) is 3.40. The Morgan fingerprint density at radius 2 is 1.86 bits per heavy atom. The summed E-state index contributed by atoms with van der Waals surface area (Å²) in [5.74, 6) is 0.234. The zero-order valence-corrected chi connectivity index (χ0v) is 11.7. The first-order chi connectivity index (χ1) is 10.2. The highest BCUT2D eigenvalue weighted by atomic mass is 16.1. The Hall–Kier alpha value is -2.88. The van der Waals surface area contributed by atoms with Crippen LogP contribution in [0.4, 0.5) is 0 Å². The predicted molar refractivity (Wildman–Crippen MR) is 82.3 cm³/mol. The van der Waals surface area contributed by atoms with Crippen LogP contribution in [0.15, 0.2) is 60.8 Å². The number of pyridine rings is 1. The number of hydrogen-bond acceptors (Lipinski definition) is 2. The van der Waals surface area contributed by atoms with Gasteiger partial charge in [-0.25, -0.2) is 4.98 Å². The summed E-state index contributed by atoms with van der Waals surface area (Å²) in [6, 6.07) is 17.5. The second kappa shape index (κ2) is 5.25. The minimum Gasteiger partial charge on any atom is -0.366 e. The molecule has 0 radical (unpaired) electrons. The van der Waals surface area contributed by atoms with Gasteiger partial charge in [-0.2, -0.15) is 0 Å². The van der Waals surface area contributed by atoms with Crippen LogP contribution in [0.25, 0.3) is 17.1 Å². The molecule has 2 aromatic heterocycles. The van der Waals surface area contributed by atoms with Crippen molar-refractivity contribution in [2.45, 2.75) is 6.92 Å². The molecule has 0 aliphatic carbocycles. The van der Waals surface area contributed by atoms with E-state index in [-0.39, 0.29) is 0 Å². The Morgan fingerprint density at radius 3 is 2.57 bits per heavy atom. The Labute approximate surface area is 122 Å². The fourth-order valence-electron chi connectivity index (χ4n) is 2.37. The van der Waals surface area contributed by atoms with Crippen LogP contribution in [0, 0.1) is 6.92 Å². The van der Waals surface area contributed by atoms with E-state index in [4.69, 9.17) is 5.73 Å². The third-order valence-electron chi connectivity index (χ3n) is 3.40. The molecule has 1 aromatic carbocycles. The molecule has 0 bridgehead atoms. The predicted octanol–water partition coefficient (Wildman–Crippen LogP) is 2.95. The van der Waals surface area contributed by atoms with Gasteiger partial charge in [0.1, 0.15) is 5.82 Å². The number of amides is 1. The van der Waals surface area contributed by atoms with Gasteiger partial charge in [-0.15, -0.1) is 0 Å². The zero-order valence-electron chi connectivity index (χ0n) is 11.7. The lowest BCUT2D eigenvalue weighted by Crippen LogP contribution is -2.12. The second-order valence-electron chi connectivity index (χ2n) is 4.83. The summed E-state index contributed by atoms with van der Waals surface area (Å²) in [6.45, 7) is 2.01. The number of nitrogens with two attached hydrogens (primary N) is 1. The lowest BCUT2D eigenvalue weighted by Gasteiger charge is -2.11. The van der Waals surface area contributed by atoms with E-state index in [1.54, 1.807) is 18.3 Å². The number of aryl methyl sites for hydroxylation is 1. The summed E-state index contributed by atoms with van der Waals surface area (Å²) in [4.78, 5) is 15.7. The number of primary amides is 1. The highest BCUT2D eigenvalue weighted by molar-refractivity contribution is 5.93. The van der Waals surface area contributed by atoms with Crippen molar-refractivity contribution in [2.75, 3.05) is 0 Å². The molecule has 21 heavy (non-hydrogen) atoms. The first-order valence-corrected chi connectivity index (χ1v) is 6.67. The number of nitrogens with zero attached hydrogens (tertiary/aromatic N) is 2.